The molecule has 0 radical (unpaired) electrons. The Kier molecular flexibility index (Phi) is 8.90. The van der Waals surface area contributed by atoms with Crippen molar-refractivity contribution < 1.29 is 34.1 Å². The number of alkyl carbamates (subject to hydrolysis) is 1. The van der Waals surface area contributed by atoms with Crippen LogP contribution in [0.15, 0.2) is 65.7 Å². The van der Waals surface area contributed by atoms with Crippen LogP contribution in [0.1, 0.15) is 17.5 Å². The van der Waals surface area contributed by atoms with Crippen LogP contribution in [-0.2, 0) is 32.1 Å². The minimum absolute atomic E-state index is 0.00187. The third-order valence-corrected chi connectivity index (χ3v) is 4.18. The highest BCUT2D eigenvalue weighted by molar-refractivity contribution is 5.98. The summed E-state index contributed by atoms with van der Waals surface area (Å²) in [5.41, 5.74) is 1.50. The van der Waals surface area contributed by atoms with Crippen molar-refractivity contribution in [3.63, 3.8) is 0 Å². The van der Waals surface area contributed by atoms with Crippen LogP contribution in [0.25, 0.3) is 0 Å². The van der Waals surface area contributed by atoms with Gasteiger partial charge in [0, 0.05) is 12.6 Å². The summed E-state index contributed by atoms with van der Waals surface area (Å²) in [5, 5.41) is 20.3. The molecule has 2 atom stereocenters. The Labute approximate surface area is 178 Å². The first-order valence-corrected chi connectivity index (χ1v) is 9.39. The molecule has 9 heteroatoms. The van der Waals surface area contributed by atoms with Crippen LogP contribution < -0.4 is 5.32 Å². The van der Waals surface area contributed by atoms with E-state index in [1.54, 1.807) is 54.6 Å². The summed E-state index contributed by atoms with van der Waals surface area (Å²) >= 11 is 0. The van der Waals surface area contributed by atoms with E-state index in [0.29, 0.717) is 0 Å². The summed E-state index contributed by atoms with van der Waals surface area (Å²) in [4.78, 5) is 50.3. The van der Waals surface area contributed by atoms with Crippen LogP contribution >= 0.6 is 0 Å². The van der Waals surface area contributed by atoms with Gasteiger partial charge in [0.25, 0.3) is 5.91 Å². The third kappa shape index (κ3) is 8.48. The monoisotopic (exact) mass is 426 g/mol. The summed E-state index contributed by atoms with van der Waals surface area (Å²) in [6.45, 7) is 0.00187. The maximum atomic E-state index is 12.6. The Morgan fingerprint density at radius 1 is 0.935 bits per heavy atom. The molecule has 0 saturated carbocycles. The van der Waals surface area contributed by atoms with Crippen LogP contribution in [0.3, 0.4) is 0 Å². The Hall–Kier alpha value is -4.01. The second-order valence-corrected chi connectivity index (χ2v) is 6.61. The number of amides is 2. The van der Waals surface area contributed by atoms with E-state index in [4.69, 9.17) is 14.9 Å². The van der Waals surface area contributed by atoms with E-state index in [1.165, 1.54) is 0 Å². The molecule has 0 fully saturated rings. The van der Waals surface area contributed by atoms with E-state index in [0.717, 1.165) is 17.3 Å². The normalized spacial score (nSPS) is 12.6. The average Bonchev–Trinajstić information content (AvgIpc) is 2.75. The van der Waals surface area contributed by atoms with Crippen molar-refractivity contribution in [1.82, 2.24) is 5.32 Å². The first-order chi connectivity index (χ1) is 14.8. The van der Waals surface area contributed by atoms with Gasteiger partial charge in [-0.05, 0) is 11.1 Å². The molecule has 3 N–H and O–H groups in total. The zero-order chi connectivity index (χ0) is 22.6. The molecule has 2 aromatic rings. The molecule has 9 nitrogen and oxygen atoms in total. The lowest BCUT2D eigenvalue weighted by molar-refractivity contribution is -0.145. The standard InChI is InChI=1S/C22H22N2O7/c25-19(26)12-17(21(28)29)13-23-20(27)18(11-15-7-3-1-4-8-15)24-22(30)31-14-16-9-5-2-6-10-16/h1-10,13,17-18H,11-12,14H2,(H,24,30)(H,25,26)(H,28,29)/t17?,18-/m0/s1. The molecular weight excluding hydrogens is 404 g/mol. The van der Waals surface area contributed by atoms with Crippen molar-refractivity contribution in [2.45, 2.75) is 25.5 Å². The number of nitrogens with zero attached hydrogens (tertiary/aromatic N) is 1. The minimum atomic E-state index is -1.47. The number of rotatable bonds is 10. The van der Waals surface area contributed by atoms with Gasteiger partial charge < -0.3 is 20.3 Å². The summed E-state index contributed by atoms with van der Waals surface area (Å²) in [6.07, 6.45) is -0.696. The molecule has 2 amide bonds. The van der Waals surface area contributed by atoms with Crippen LogP contribution in [0, 0.1) is 5.92 Å². The molecule has 2 rings (SSSR count). The zero-order valence-electron chi connectivity index (χ0n) is 16.5. The van der Waals surface area contributed by atoms with Crippen molar-refractivity contribution in [3.8, 4) is 0 Å². The lowest BCUT2D eigenvalue weighted by Crippen LogP contribution is -2.42. The topological polar surface area (TPSA) is 142 Å². The number of carbonyl (C=O) groups is 4. The summed E-state index contributed by atoms with van der Waals surface area (Å²) in [5.74, 6) is -5.05. The largest absolute Gasteiger partial charge is 0.481 e. The second-order valence-electron chi connectivity index (χ2n) is 6.61. The van der Waals surface area contributed by atoms with Gasteiger partial charge in [0.05, 0.1) is 6.42 Å². The highest BCUT2D eigenvalue weighted by atomic mass is 16.5. The number of hydrogen-bond donors (Lipinski definition) is 3. The maximum absolute atomic E-state index is 12.6. The Morgan fingerprint density at radius 2 is 1.52 bits per heavy atom. The molecular formula is C22H22N2O7. The van der Waals surface area contributed by atoms with Crippen LogP contribution in [-0.4, -0.2) is 46.4 Å². The van der Waals surface area contributed by atoms with E-state index in [9.17, 15) is 19.2 Å². The number of hydrogen-bond acceptors (Lipinski definition) is 5. The summed E-state index contributed by atoms with van der Waals surface area (Å²) in [6, 6.07) is 16.7. The van der Waals surface area contributed by atoms with Crippen molar-refractivity contribution in [1.29, 1.82) is 0 Å². The lowest BCUT2D eigenvalue weighted by Gasteiger charge is -2.16. The van der Waals surface area contributed by atoms with Crippen LogP contribution in [0.4, 0.5) is 4.79 Å². The first-order valence-electron chi connectivity index (χ1n) is 9.39. The van der Waals surface area contributed by atoms with Gasteiger partial charge in [0.15, 0.2) is 0 Å². The molecule has 162 valence electrons. The van der Waals surface area contributed by atoms with Crippen LogP contribution in [0.2, 0.25) is 0 Å². The summed E-state index contributed by atoms with van der Waals surface area (Å²) in [7, 11) is 0. The highest BCUT2D eigenvalue weighted by Gasteiger charge is 2.24. The van der Waals surface area contributed by atoms with Gasteiger partial charge in [-0.25, -0.2) is 9.79 Å². The Morgan fingerprint density at radius 3 is 2.06 bits per heavy atom. The van der Waals surface area contributed by atoms with Gasteiger partial charge in [0.1, 0.15) is 18.6 Å². The molecule has 0 saturated heterocycles. The van der Waals surface area contributed by atoms with Gasteiger partial charge in [-0.2, -0.15) is 0 Å². The first kappa shape index (κ1) is 23.3. The van der Waals surface area contributed by atoms with Crippen molar-refractivity contribution in [3.05, 3.63) is 71.8 Å². The van der Waals surface area contributed by atoms with Crippen molar-refractivity contribution in [2.75, 3.05) is 0 Å². The summed E-state index contributed by atoms with van der Waals surface area (Å²) < 4.78 is 5.14. The highest BCUT2D eigenvalue weighted by Crippen LogP contribution is 2.07. The molecule has 0 aliphatic carbocycles. The Balaban J connectivity index is 2.08. The van der Waals surface area contributed by atoms with Crippen LogP contribution in [0.5, 0.6) is 0 Å². The van der Waals surface area contributed by atoms with E-state index >= 15 is 0 Å². The van der Waals surface area contributed by atoms with E-state index in [2.05, 4.69) is 10.3 Å². The predicted octanol–water partition coefficient (Wildman–Crippen LogP) is 2.30. The molecule has 31 heavy (non-hydrogen) atoms. The SMILES string of the molecule is O=C(O)CC(C=NC(=O)[C@H](Cc1ccccc1)NC(=O)OCc1ccccc1)C(=O)O. The smallest absolute Gasteiger partial charge is 0.408 e. The molecule has 0 heterocycles. The van der Waals surface area contributed by atoms with E-state index in [1.807, 2.05) is 6.07 Å². The number of nitrogens with one attached hydrogen (secondary N) is 1. The fourth-order valence-corrected chi connectivity index (χ4v) is 2.60. The molecule has 0 bridgehead atoms. The second kappa shape index (κ2) is 11.9. The number of ether oxygens (including phenoxy) is 1. The Bertz CT molecular complexity index is 929. The number of benzene rings is 2. The molecule has 1 unspecified atom stereocenters. The fraction of sp³-hybridized carbons (Fsp3) is 0.227. The number of carboxylic acids is 2. The van der Waals surface area contributed by atoms with Crippen molar-refractivity contribution >= 4 is 30.2 Å². The van der Waals surface area contributed by atoms with E-state index in [-0.39, 0.29) is 13.0 Å². The third-order valence-electron chi connectivity index (χ3n) is 4.18. The predicted molar refractivity (Wildman–Crippen MR) is 111 cm³/mol. The van der Waals surface area contributed by atoms with Gasteiger partial charge in [-0.3, -0.25) is 14.4 Å². The zero-order valence-corrected chi connectivity index (χ0v) is 16.5. The molecule has 0 aromatic heterocycles. The van der Waals surface area contributed by atoms with Gasteiger partial charge in [0.2, 0.25) is 0 Å². The number of carboxylic acid groups (broad SMARTS) is 2. The number of carbonyl (C=O) groups excluding carboxylic acids is 2. The van der Waals surface area contributed by atoms with Crippen molar-refractivity contribution in [2.24, 2.45) is 10.9 Å². The molecule has 2 aromatic carbocycles. The molecule has 0 aliphatic rings. The fourth-order valence-electron chi connectivity index (χ4n) is 2.60. The quantitative estimate of drug-likeness (QED) is 0.495. The van der Waals surface area contributed by atoms with Gasteiger partial charge in [-0.15, -0.1) is 0 Å². The maximum Gasteiger partial charge on any atom is 0.408 e. The van der Waals surface area contributed by atoms with Gasteiger partial charge >= 0.3 is 18.0 Å². The number of aliphatic imine (C=N–C) groups is 1. The van der Waals surface area contributed by atoms with E-state index < -0.39 is 42.3 Å². The molecule has 0 aliphatic heterocycles. The number of aliphatic carboxylic acids is 2. The molecule has 0 spiro atoms. The average molecular weight is 426 g/mol. The minimum Gasteiger partial charge on any atom is -0.481 e. The lowest BCUT2D eigenvalue weighted by atomic mass is 10.1. The van der Waals surface area contributed by atoms with Gasteiger partial charge in [-0.1, -0.05) is 60.7 Å².